The topological polar surface area (TPSA) is 62.2 Å². The number of aromatic hydroxyl groups is 1. The van der Waals surface area contributed by atoms with Crippen LogP contribution in [0.4, 0.5) is 0 Å². The monoisotopic (exact) mass is 317 g/mol. The van der Waals surface area contributed by atoms with Gasteiger partial charge in [-0.05, 0) is 49.9 Å². The number of phenolic OH excluding ortho intramolecular Hbond substituents is 1. The number of nitrogens with zero attached hydrogens (tertiary/aromatic N) is 1. The molecule has 5 rings (SSSR count). The van der Waals surface area contributed by atoms with E-state index in [0.29, 0.717) is 24.6 Å². The van der Waals surface area contributed by atoms with Crippen molar-refractivity contribution in [1.82, 2.24) is 4.90 Å². The molecule has 0 radical (unpaired) electrons. The first kappa shape index (κ1) is 14.1. The standard InChI is InChI=1S/C18H23NO4/c1-19-6-4-10-7-12(20)16-15-14(10)11(19)8-17(15)5-3-13(21)18(9-17,22-2)23-16/h7,11,13,20-21H,3-6,8-9H2,1-2H3/t11-,13+,17-,18+/m1/s1. The summed E-state index contributed by atoms with van der Waals surface area (Å²) in [5.41, 5.74) is 3.78. The molecule has 1 aromatic rings. The average Bonchev–Trinajstić information content (AvgIpc) is 2.88. The number of methoxy groups -OCH3 is 1. The molecule has 2 N–H and O–H groups in total. The number of fused-ring (bicyclic) bond motifs is 1. The third-order valence-electron chi connectivity index (χ3n) is 6.71. The molecule has 1 fully saturated rings. The molecule has 0 amide bonds. The molecule has 1 saturated carbocycles. The van der Waals surface area contributed by atoms with E-state index in [9.17, 15) is 10.2 Å². The lowest BCUT2D eigenvalue weighted by Crippen LogP contribution is -2.59. The van der Waals surface area contributed by atoms with Crippen LogP contribution >= 0.6 is 0 Å². The Labute approximate surface area is 135 Å². The minimum Gasteiger partial charge on any atom is -0.504 e. The average molecular weight is 317 g/mol. The van der Waals surface area contributed by atoms with Crippen LogP contribution in [0, 0.1) is 0 Å². The lowest BCUT2D eigenvalue weighted by atomic mass is 9.65. The fourth-order valence-corrected chi connectivity index (χ4v) is 5.56. The number of aliphatic hydroxyl groups is 1. The van der Waals surface area contributed by atoms with Crippen LogP contribution in [0.15, 0.2) is 6.07 Å². The second-order valence-electron chi connectivity index (χ2n) is 7.75. The summed E-state index contributed by atoms with van der Waals surface area (Å²) in [6, 6.07) is 2.25. The van der Waals surface area contributed by atoms with Crippen molar-refractivity contribution in [2.45, 2.75) is 55.5 Å². The van der Waals surface area contributed by atoms with Gasteiger partial charge in [0.15, 0.2) is 11.5 Å². The molecule has 0 unspecified atom stereocenters. The molecular weight excluding hydrogens is 294 g/mol. The Hall–Kier alpha value is -1.30. The Morgan fingerprint density at radius 2 is 2.26 bits per heavy atom. The van der Waals surface area contributed by atoms with Crippen molar-refractivity contribution in [3.05, 3.63) is 22.8 Å². The van der Waals surface area contributed by atoms with E-state index in [-0.39, 0.29) is 11.2 Å². The molecule has 1 aromatic carbocycles. The fourth-order valence-electron chi connectivity index (χ4n) is 5.56. The molecule has 2 aliphatic heterocycles. The van der Waals surface area contributed by atoms with Crippen LogP contribution in [0.25, 0.3) is 0 Å². The van der Waals surface area contributed by atoms with Crippen LogP contribution in [-0.4, -0.2) is 47.7 Å². The summed E-state index contributed by atoms with van der Waals surface area (Å²) in [5.74, 6) is -0.278. The van der Waals surface area contributed by atoms with Crippen LogP contribution in [0.5, 0.6) is 11.5 Å². The SMILES string of the molecule is CO[C@]12C[C@@]3(CC[C@@H]1O)C[C@@H]1c4c(cc(O)c(c43)O2)CCN1C. The minimum absolute atomic E-state index is 0.0467. The van der Waals surface area contributed by atoms with E-state index in [2.05, 4.69) is 11.9 Å². The number of hydrogen-bond donors (Lipinski definition) is 2. The van der Waals surface area contributed by atoms with Gasteiger partial charge in [-0.15, -0.1) is 0 Å². The normalized spacial score (nSPS) is 40.7. The van der Waals surface area contributed by atoms with Gasteiger partial charge in [-0.1, -0.05) is 0 Å². The summed E-state index contributed by atoms with van der Waals surface area (Å²) in [6.07, 6.45) is 3.62. The highest BCUT2D eigenvalue weighted by Gasteiger charge is 2.62. The van der Waals surface area contributed by atoms with E-state index in [0.717, 1.165) is 25.8 Å². The number of benzene rings is 1. The molecule has 0 saturated heterocycles. The number of hydrogen-bond acceptors (Lipinski definition) is 5. The van der Waals surface area contributed by atoms with Crippen LogP contribution in [0.2, 0.25) is 0 Å². The number of aliphatic hydroxyl groups excluding tert-OH is 1. The highest BCUT2D eigenvalue weighted by molar-refractivity contribution is 5.63. The molecule has 2 aliphatic carbocycles. The maximum absolute atomic E-state index is 10.6. The summed E-state index contributed by atoms with van der Waals surface area (Å²) >= 11 is 0. The van der Waals surface area contributed by atoms with Crippen LogP contribution < -0.4 is 4.74 Å². The predicted octanol–water partition coefficient (Wildman–Crippen LogP) is 1.84. The van der Waals surface area contributed by atoms with E-state index in [4.69, 9.17) is 9.47 Å². The van der Waals surface area contributed by atoms with Crippen molar-refractivity contribution in [3.63, 3.8) is 0 Å². The number of phenols is 1. The van der Waals surface area contributed by atoms with E-state index >= 15 is 0 Å². The van der Waals surface area contributed by atoms with Crippen LogP contribution in [0.1, 0.15) is 48.4 Å². The van der Waals surface area contributed by atoms with Gasteiger partial charge in [-0.3, -0.25) is 4.90 Å². The molecule has 124 valence electrons. The first-order chi connectivity index (χ1) is 11.0. The summed E-state index contributed by atoms with van der Waals surface area (Å²) < 4.78 is 11.8. The van der Waals surface area contributed by atoms with Gasteiger partial charge in [-0.2, -0.15) is 0 Å². The summed E-state index contributed by atoms with van der Waals surface area (Å²) in [7, 11) is 3.78. The third kappa shape index (κ3) is 1.53. The molecule has 0 aromatic heterocycles. The van der Waals surface area contributed by atoms with Gasteiger partial charge in [0.25, 0.3) is 0 Å². The van der Waals surface area contributed by atoms with Crippen LogP contribution in [-0.2, 0) is 16.6 Å². The Bertz CT molecular complexity index is 705. The van der Waals surface area contributed by atoms with E-state index in [1.165, 1.54) is 16.7 Å². The van der Waals surface area contributed by atoms with Crippen molar-refractivity contribution in [2.75, 3.05) is 20.7 Å². The highest BCUT2D eigenvalue weighted by atomic mass is 16.7. The smallest absolute Gasteiger partial charge is 0.237 e. The predicted molar refractivity (Wildman–Crippen MR) is 83.7 cm³/mol. The van der Waals surface area contributed by atoms with E-state index in [1.54, 1.807) is 7.11 Å². The van der Waals surface area contributed by atoms with E-state index in [1.807, 2.05) is 6.07 Å². The first-order valence-corrected chi connectivity index (χ1v) is 8.51. The lowest BCUT2D eigenvalue weighted by Gasteiger charge is -2.52. The maximum Gasteiger partial charge on any atom is 0.237 e. The number of ether oxygens (including phenoxy) is 2. The lowest BCUT2D eigenvalue weighted by molar-refractivity contribution is -0.261. The Balaban J connectivity index is 1.79. The first-order valence-electron chi connectivity index (χ1n) is 8.51. The summed E-state index contributed by atoms with van der Waals surface area (Å²) in [4.78, 5) is 2.42. The van der Waals surface area contributed by atoms with E-state index < -0.39 is 11.9 Å². The van der Waals surface area contributed by atoms with Crippen molar-refractivity contribution in [1.29, 1.82) is 0 Å². The quantitative estimate of drug-likeness (QED) is 0.827. The third-order valence-corrected chi connectivity index (χ3v) is 6.71. The molecule has 1 spiro atoms. The largest absolute Gasteiger partial charge is 0.504 e. The minimum atomic E-state index is -1.02. The molecule has 2 heterocycles. The van der Waals surface area contributed by atoms with Crippen molar-refractivity contribution >= 4 is 0 Å². The van der Waals surface area contributed by atoms with Crippen molar-refractivity contribution < 1.29 is 19.7 Å². The van der Waals surface area contributed by atoms with Gasteiger partial charge in [0.1, 0.15) is 6.10 Å². The van der Waals surface area contributed by atoms with Gasteiger partial charge in [0.2, 0.25) is 5.79 Å². The fraction of sp³-hybridized carbons (Fsp3) is 0.667. The zero-order valence-corrected chi connectivity index (χ0v) is 13.6. The number of rotatable bonds is 1. The molecule has 5 nitrogen and oxygen atoms in total. The van der Waals surface area contributed by atoms with Gasteiger partial charge < -0.3 is 19.7 Å². The summed E-state index contributed by atoms with van der Waals surface area (Å²) in [6.45, 7) is 1.02. The Kier molecular flexibility index (Phi) is 2.57. The maximum atomic E-state index is 10.6. The molecular formula is C18H23NO4. The van der Waals surface area contributed by atoms with Gasteiger partial charge in [0, 0.05) is 37.1 Å². The van der Waals surface area contributed by atoms with Crippen molar-refractivity contribution in [2.24, 2.45) is 0 Å². The molecule has 4 atom stereocenters. The zero-order valence-electron chi connectivity index (χ0n) is 13.6. The Morgan fingerprint density at radius 1 is 1.43 bits per heavy atom. The second-order valence-corrected chi connectivity index (χ2v) is 7.75. The van der Waals surface area contributed by atoms with Gasteiger partial charge in [-0.25, -0.2) is 0 Å². The molecule has 23 heavy (non-hydrogen) atoms. The Morgan fingerprint density at radius 3 is 3.04 bits per heavy atom. The van der Waals surface area contributed by atoms with Gasteiger partial charge in [0.05, 0.1) is 0 Å². The highest BCUT2D eigenvalue weighted by Crippen LogP contribution is 2.65. The molecule has 4 aliphatic rings. The number of likely N-dealkylation sites (N-methyl/N-ethyl adjacent to an activating group) is 1. The van der Waals surface area contributed by atoms with Gasteiger partial charge >= 0.3 is 0 Å². The van der Waals surface area contributed by atoms with Crippen LogP contribution in [0.3, 0.4) is 0 Å². The molecule has 5 heteroatoms. The molecule has 2 bridgehead atoms. The van der Waals surface area contributed by atoms with Crippen molar-refractivity contribution in [3.8, 4) is 11.5 Å². The summed E-state index contributed by atoms with van der Waals surface area (Å²) in [5, 5.41) is 21.1. The zero-order chi connectivity index (χ0) is 16.0. The second kappa shape index (κ2) is 4.21.